The number of hydrogen-bond acceptors (Lipinski definition) is 1. The molecule has 0 aliphatic carbocycles. The average molecular weight is 300 g/mol. The van der Waals surface area contributed by atoms with Crippen molar-refractivity contribution in [3.63, 3.8) is 0 Å². The van der Waals surface area contributed by atoms with E-state index in [1.807, 2.05) is 0 Å². The Morgan fingerprint density at radius 2 is 1.70 bits per heavy atom. The summed E-state index contributed by atoms with van der Waals surface area (Å²) >= 11 is 5.88. The van der Waals surface area contributed by atoms with Crippen LogP contribution >= 0.6 is 11.6 Å². The maximum Gasteiger partial charge on any atom is 0.416 e. The fraction of sp³-hybridized carbons (Fsp3) is 0.0714. The van der Waals surface area contributed by atoms with Gasteiger partial charge in [0.05, 0.1) is 16.1 Å². The maximum absolute atomic E-state index is 12.6. The number of nitrogens with two attached hydrogens (primary N) is 1. The molecule has 0 aliphatic heterocycles. The highest BCUT2D eigenvalue weighted by Crippen LogP contribution is 2.33. The predicted molar refractivity (Wildman–Crippen MR) is 70.4 cm³/mol. The van der Waals surface area contributed by atoms with E-state index in [4.69, 9.17) is 17.3 Å². The van der Waals surface area contributed by atoms with Crippen molar-refractivity contribution in [1.29, 1.82) is 0 Å². The van der Waals surface area contributed by atoms with Gasteiger partial charge >= 0.3 is 6.18 Å². The summed E-state index contributed by atoms with van der Waals surface area (Å²) in [6.45, 7) is 0. The van der Waals surface area contributed by atoms with E-state index in [-0.39, 0.29) is 10.6 Å². The molecular weight excluding hydrogens is 291 g/mol. The Morgan fingerprint density at radius 3 is 2.25 bits per heavy atom. The van der Waals surface area contributed by atoms with Crippen molar-refractivity contribution in [3.8, 4) is 11.1 Å². The highest BCUT2D eigenvalue weighted by Gasteiger charge is 2.30. The lowest BCUT2D eigenvalue weighted by Gasteiger charge is -2.09. The van der Waals surface area contributed by atoms with Gasteiger partial charge in [0.25, 0.3) is 0 Å². The largest absolute Gasteiger partial charge is 0.416 e. The fourth-order valence-electron chi connectivity index (χ4n) is 1.77. The summed E-state index contributed by atoms with van der Waals surface area (Å²) in [4.78, 5) is 11.0. The molecule has 2 rings (SSSR count). The number of primary amides is 1. The van der Waals surface area contributed by atoms with E-state index in [1.54, 1.807) is 0 Å². The minimum Gasteiger partial charge on any atom is -0.366 e. The Morgan fingerprint density at radius 1 is 1.05 bits per heavy atom. The molecule has 6 heteroatoms. The lowest BCUT2D eigenvalue weighted by Crippen LogP contribution is -2.11. The SMILES string of the molecule is NC(=O)c1ccc(-c2cccc(C(F)(F)F)c2)cc1Cl. The van der Waals surface area contributed by atoms with E-state index in [0.717, 1.165) is 12.1 Å². The second-order valence-electron chi connectivity index (χ2n) is 4.14. The second kappa shape index (κ2) is 5.17. The third kappa shape index (κ3) is 2.93. The monoisotopic (exact) mass is 299 g/mol. The molecule has 20 heavy (non-hydrogen) atoms. The van der Waals surface area contributed by atoms with Crippen LogP contribution in [0.3, 0.4) is 0 Å². The number of amides is 1. The van der Waals surface area contributed by atoms with E-state index in [9.17, 15) is 18.0 Å². The van der Waals surface area contributed by atoms with Gasteiger partial charge in [-0.1, -0.05) is 29.8 Å². The van der Waals surface area contributed by atoms with Crippen LogP contribution in [0.2, 0.25) is 5.02 Å². The number of alkyl halides is 3. The molecule has 0 aliphatic rings. The molecular formula is C14H9ClF3NO. The molecule has 0 saturated heterocycles. The van der Waals surface area contributed by atoms with Gasteiger partial charge in [-0.15, -0.1) is 0 Å². The number of benzene rings is 2. The molecule has 0 bridgehead atoms. The Labute approximate surface area is 118 Å². The van der Waals surface area contributed by atoms with Gasteiger partial charge < -0.3 is 5.73 Å². The van der Waals surface area contributed by atoms with Crippen LogP contribution in [0.15, 0.2) is 42.5 Å². The molecule has 104 valence electrons. The van der Waals surface area contributed by atoms with Gasteiger partial charge in [-0.25, -0.2) is 0 Å². The van der Waals surface area contributed by atoms with Crippen LogP contribution in [0, 0.1) is 0 Å². The minimum absolute atomic E-state index is 0.104. The van der Waals surface area contributed by atoms with Gasteiger partial charge in [0.15, 0.2) is 0 Å². The summed E-state index contributed by atoms with van der Waals surface area (Å²) in [5, 5.41) is 0.104. The Balaban J connectivity index is 2.47. The van der Waals surface area contributed by atoms with E-state index in [0.29, 0.717) is 11.1 Å². The number of carbonyl (C=O) groups excluding carboxylic acids is 1. The van der Waals surface area contributed by atoms with E-state index < -0.39 is 17.6 Å². The predicted octanol–water partition coefficient (Wildman–Crippen LogP) is 4.12. The summed E-state index contributed by atoms with van der Waals surface area (Å²) < 4.78 is 37.9. The van der Waals surface area contributed by atoms with E-state index in [2.05, 4.69) is 0 Å². The Kier molecular flexibility index (Phi) is 3.72. The first-order valence-electron chi connectivity index (χ1n) is 5.56. The molecule has 2 aromatic rings. The molecule has 2 N–H and O–H groups in total. The zero-order valence-electron chi connectivity index (χ0n) is 10.0. The molecule has 0 unspecified atom stereocenters. The van der Waals surface area contributed by atoms with Gasteiger partial charge in [-0.3, -0.25) is 4.79 Å². The third-order valence-corrected chi connectivity index (χ3v) is 3.07. The standard InChI is InChI=1S/C14H9ClF3NO/c15-12-7-9(4-5-11(12)13(19)20)8-2-1-3-10(6-8)14(16,17)18/h1-7H,(H2,19,20). The Bertz CT molecular complexity index is 668. The average Bonchev–Trinajstić information content (AvgIpc) is 2.37. The highest BCUT2D eigenvalue weighted by molar-refractivity contribution is 6.34. The van der Waals surface area contributed by atoms with Crippen molar-refractivity contribution in [3.05, 3.63) is 58.6 Å². The molecule has 0 heterocycles. The molecule has 0 aromatic heterocycles. The summed E-state index contributed by atoms with van der Waals surface area (Å²) in [5.74, 6) is -0.689. The molecule has 0 saturated carbocycles. The number of hydrogen-bond donors (Lipinski definition) is 1. The van der Waals surface area contributed by atoms with E-state index >= 15 is 0 Å². The molecule has 0 spiro atoms. The van der Waals surface area contributed by atoms with Crippen LogP contribution in [-0.2, 0) is 6.18 Å². The number of rotatable bonds is 2. The minimum atomic E-state index is -4.41. The third-order valence-electron chi connectivity index (χ3n) is 2.76. The van der Waals surface area contributed by atoms with Crippen LogP contribution in [0.5, 0.6) is 0 Å². The van der Waals surface area contributed by atoms with Crippen molar-refractivity contribution in [1.82, 2.24) is 0 Å². The lowest BCUT2D eigenvalue weighted by molar-refractivity contribution is -0.137. The Hall–Kier alpha value is -2.01. The number of halogens is 4. The smallest absolute Gasteiger partial charge is 0.366 e. The van der Waals surface area contributed by atoms with Gasteiger partial charge in [0, 0.05) is 0 Å². The van der Waals surface area contributed by atoms with Crippen LogP contribution in [0.4, 0.5) is 13.2 Å². The zero-order valence-corrected chi connectivity index (χ0v) is 10.8. The lowest BCUT2D eigenvalue weighted by atomic mass is 10.0. The quantitative estimate of drug-likeness (QED) is 0.890. The topological polar surface area (TPSA) is 43.1 Å². The maximum atomic E-state index is 12.6. The summed E-state index contributed by atoms with van der Waals surface area (Å²) in [6.07, 6.45) is -4.41. The van der Waals surface area contributed by atoms with Crippen molar-refractivity contribution in [2.24, 2.45) is 5.73 Å². The van der Waals surface area contributed by atoms with Gasteiger partial charge in [0.1, 0.15) is 0 Å². The summed E-state index contributed by atoms with van der Waals surface area (Å²) in [5.41, 5.74) is 5.33. The van der Waals surface area contributed by atoms with Gasteiger partial charge in [-0.2, -0.15) is 13.2 Å². The molecule has 1 amide bonds. The van der Waals surface area contributed by atoms with Crippen LogP contribution < -0.4 is 5.73 Å². The molecule has 2 nitrogen and oxygen atoms in total. The zero-order chi connectivity index (χ0) is 14.9. The van der Waals surface area contributed by atoms with Crippen molar-refractivity contribution >= 4 is 17.5 Å². The molecule has 0 fully saturated rings. The first kappa shape index (κ1) is 14.4. The molecule has 2 aromatic carbocycles. The van der Waals surface area contributed by atoms with Gasteiger partial charge in [0.2, 0.25) is 5.91 Å². The molecule has 0 radical (unpaired) electrons. The van der Waals surface area contributed by atoms with Crippen LogP contribution in [0.25, 0.3) is 11.1 Å². The summed E-state index contributed by atoms with van der Waals surface area (Å²) in [6, 6.07) is 9.16. The normalized spacial score (nSPS) is 11.4. The van der Waals surface area contributed by atoms with Crippen LogP contribution in [-0.4, -0.2) is 5.91 Å². The van der Waals surface area contributed by atoms with E-state index in [1.165, 1.54) is 30.3 Å². The first-order chi connectivity index (χ1) is 9.29. The highest BCUT2D eigenvalue weighted by atomic mass is 35.5. The summed E-state index contributed by atoms with van der Waals surface area (Å²) in [7, 11) is 0. The van der Waals surface area contributed by atoms with Crippen molar-refractivity contribution in [2.75, 3.05) is 0 Å². The second-order valence-corrected chi connectivity index (χ2v) is 4.54. The number of carbonyl (C=O) groups is 1. The van der Waals surface area contributed by atoms with Gasteiger partial charge in [-0.05, 0) is 35.4 Å². The van der Waals surface area contributed by atoms with Crippen molar-refractivity contribution in [2.45, 2.75) is 6.18 Å². The first-order valence-corrected chi connectivity index (χ1v) is 5.94. The van der Waals surface area contributed by atoms with Crippen LogP contribution in [0.1, 0.15) is 15.9 Å². The van der Waals surface area contributed by atoms with Crippen molar-refractivity contribution < 1.29 is 18.0 Å². The molecule has 0 atom stereocenters. The fourth-order valence-corrected chi connectivity index (χ4v) is 2.04.